The molecular formula is C17H20N4O4S. The van der Waals surface area contributed by atoms with Crippen molar-refractivity contribution in [2.75, 3.05) is 19.6 Å². The molecule has 2 amide bonds. The number of amides is 2. The van der Waals surface area contributed by atoms with Crippen LogP contribution in [-0.4, -0.2) is 55.1 Å². The maximum atomic E-state index is 12.8. The van der Waals surface area contributed by atoms with Crippen LogP contribution in [0.5, 0.6) is 0 Å². The Labute approximate surface area is 152 Å². The lowest BCUT2D eigenvalue weighted by molar-refractivity contribution is -0.123. The first kappa shape index (κ1) is 18.4. The van der Waals surface area contributed by atoms with Gasteiger partial charge in [0.25, 0.3) is 5.91 Å². The van der Waals surface area contributed by atoms with Gasteiger partial charge < -0.3 is 10.6 Å². The molecule has 1 unspecified atom stereocenters. The summed E-state index contributed by atoms with van der Waals surface area (Å²) in [5.41, 5.74) is 5.61. The molecule has 138 valence electrons. The van der Waals surface area contributed by atoms with Crippen LogP contribution in [0.1, 0.15) is 29.6 Å². The Kier molecular flexibility index (Phi) is 4.98. The molecule has 2 fully saturated rings. The first-order chi connectivity index (χ1) is 12.3. The van der Waals surface area contributed by atoms with E-state index in [0.717, 1.165) is 12.8 Å². The molecule has 2 saturated heterocycles. The highest BCUT2D eigenvalue weighted by molar-refractivity contribution is 7.89. The van der Waals surface area contributed by atoms with Crippen LogP contribution in [0.4, 0.5) is 0 Å². The molecule has 9 heteroatoms. The average molecular weight is 376 g/mol. The molecule has 0 bridgehead atoms. The van der Waals surface area contributed by atoms with Crippen molar-refractivity contribution in [3.05, 3.63) is 29.8 Å². The molecule has 2 heterocycles. The van der Waals surface area contributed by atoms with E-state index < -0.39 is 27.9 Å². The third-order valence-corrected chi connectivity index (χ3v) is 6.67. The van der Waals surface area contributed by atoms with Gasteiger partial charge in [-0.15, -0.1) is 0 Å². The molecule has 0 spiro atoms. The van der Waals surface area contributed by atoms with Crippen LogP contribution in [0.15, 0.2) is 29.2 Å². The number of rotatable bonds is 4. The van der Waals surface area contributed by atoms with Crippen molar-refractivity contribution in [3.63, 3.8) is 0 Å². The third kappa shape index (κ3) is 3.30. The van der Waals surface area contributed by atoms with E-state index in [1.807, 2.05) is 6.07 Å². The molecule has 1 aromatic carbocycles. The Morgan fingerprint density at radius 3 is 2.62 bits per heavy atom. The highest BCUT2D eigenvalue weighted by Crippen LogP contribution is 2.26. The molecule has 26 heavy (non-hydrogen) atoms. The van der Waals surface area contributed by atoms with Gasteiger partial charge in [0.05, 0.1) is 16.9 Å². The van der Waals surface area contributed by atoms with E-state index in [0.29, 0.717) is 13.0 Å². The number of carbonyl (C=O) groups excluding carboxylic acids is 2. The van der Waals surface area contributed by atoms with Crippen molar-refractivity contribution >= 4 is 21.8 Å². The molecule has 2 aliphatic rings. The Morgan fingerprint density at radius 2 is 1.96 bits per heavy atom. The largest absolute Gasteiger partial charge is 0.368 e. The molecule has 1 aromatic rings. The van der Waals surface area contributed by atoms with Gasteiger partial charge in [-0.2, -0.15) is 9.57 Å². The molecule has 0 saturated carbocycles. The maximum Gasteiger partial charge on any atom is 0.254 e. The van der Waals surface area contributed by atoms with Gasteiger partial charge in [-0.25, -0.2) is 8.42 Å². The lowest BCUT2D eigenvalue weighted by atomic mass is 10.0. The Morgan fingerprint density at radius 1 is 1.23 bits per heavy atom. The molecule has 1 atom stereocenters. The number of benzene rings is 1. The van der Waals surface area contributed by atoms with Gasteiger partial charge in [0, 0.05) is 25.2 Å². The number of likely N-dealkylation sites (tertiary alicyclic amines) is 1. The van der Waals surface area contributed by atoms with Crippen molar-refractivity contribution in [3.8, 4) is 6.07 Å². The number of primary amides is 1. The van der Waals surface area contributed by atoms with Crippen LogP contribution in [0.25, 0.3) is 0 Å². The summed E-state index contributed by atoms with van der Waals surface area (Å²) in [7, 11) is -3.74. The zero-order chi connectivity index (χ0) is 18.9. The number of carbonyl (C=O) groups is 2. The first-order valence-electron chi connectivity index (χ1n) is 8.44. The Balaban J connectivity index is 1.84. The van der Waals surface area contributed by atoms with Gasteiger partial charge in [0.2, 0.25) is 15.9 Å². The second-order valence-corrected chi connectivity index (χ2v) is 8.53. The molecule has 2 N–H and O–H groups in total. The zero-order valence-corrected chi connectivity index (χ0v) is 15.0. The Hall–Kier alpha value is -2.44. The van der Waals surface area contributed by atoms with E-state index in [1.165, 1.54) is 33.5 Å². The van der Waals surface area contributed by atoms with Gasteiger partial charge in [0.15, 0.2) is 0 Å². The van der Waals surface area contributed by atoms with E-state index in [2.05, 4.69) is 0 Å². The predicted molar refractivity (Wildman–Crippen MR) is 92.2 cm³/mol. The third-order valence-electron chi connectivity index (χ3n) is 4.84. The lowest BCUT2D eigenvalue weighted by Gasteiger charge is -2.34. The monoisotopic (exact) mass is 376 g/mol. The minimum Gasteiger partial charge on any atom is -0.368 e. The fourth-order valence-corrected chi connectivity index (χ4v) is 4.87. The van der Waals surface area contributed by atoms with E-state index in [4.69, 9.17) is 11.0 Å². The van der Waals surface area contributed by atoms with Crippen LogP contribution in [0.2, 0.25) is 0 Å². The van der Waals surface area contributed by atoms with Crippen molar-refractivity contribution in [2.24, 2.45) is 11.7 Å². The number of hydrogen-bond acceptors (Lipinski definition) is 5. The van der Waals surface area contributed by atoms with Crippen LogP contribution < -0.4 is 5.73 Å². The summed E-state index contributed by atoms with van der Waals surface area (Å²) in [6, 6.07) is 7.15. The zero-order valence-electron chi connectivity index (χ0n) is 14.2. The SMILES string of the molecule is N#CC1CN(S(=O)(=O)c2cccc(C(=O)N3CCCCC3C(N)=O)c2)C1. The summed E-state index contributed by atoms with van der Waals surface area (Å²) in [5.74, 6) is -1.24. The molecule has 2 aliphatic heterocycles. The average Bonchev–Trinajstić information content (AvgIpc) is 2.60. The topological polar surface area (TPSA) is 125 Å². The normalized spacial score (nSPS) is 21.7. The lowest BCUT2D eigenvalue weighted by Crippen LogP contribution is -2.50. The summed E-state index contributed by atoms with van der Waals surface area (Å²) in [4.78, 5) is 25.9. The molecule has 0 aromatic heterocycles. The number of hydrogen-bond donors (Lipinski definition) is 1. The number of nitrogens with zero attached hydrogens (tertiary/aromatic N) is 3. The molecule has 0 aliphatic carbocycles. The van der Waals surface area contributed by atoms with Crippen LogP contribution in [0, 0.1) is 17.2 Å². The predicted octanol–water partition coefficient (Wildman–Crippen LogP) is 0.311. The fraction of sp³-hybridized carbons (Fsp3) is 0.471. The van der Waals surface area contributed by atoms with E-state index in [9.17, 15) is 18.0 Å². The van der Waals surface area contributed by atoms with Gasteiger partial charge in [-0.3, -0.25) is 9.59 Å². The second-order valence-electron chi connectivity index (χ2n) is 6.59. The van der Waals surface area contributed by atoms with E-state index in [1.54, 1.807) is 0 Å². The minimum atomic E-state index is -3.74. The van der Waals surface area contributed by atoms with Crippen LogP contribution >= 0.6 is 0 Å². The number of piperidine rings is 1. The fourth-order valence-electron chi connectivity index (χ4n) is 3.29. The molecular weight excluding hydrogens is 356 g/mol. The molecule has 8 nitrogen and oxygen atoms in total. The van der Waals surface area contributed by atoms with Crippen LogP contribution in [0.3, 0.4) is 0 Å². The summed E-state index contributed by atoms with van der Waals surface area (Å²) in [6.07, 6.45) is 2.11. The standard InChI is InChI=1S/C17H20N4O4S/c18-9-12-10-20(11-12)26(24,25)14-5-3-4-13(8-14)17(23)21-7-2-1-6-15(21)16(19)22/h3-5,8,12,15H,1-2,6-7,10-11H2,(H2,19,22). The van der Waals surface area contributed by atoms with Crippen molar-refractivity contribution in [1.29, 1.82) is 5.26 Å². The van der Waals surface area contributed by atoms with E-state index >= 15 is 0 Å². The van der Waals surface area contributed by atoms with Crippen molar-refractivity contribution < 1.29 is 18.0 Å². The summed E-state index contributed by atoms with van der Waals surface area (Å²) < 4.78 is 26.5. The second kappa shape index (κ2) is 7.05. The van der Waals surface area contributed by atoms with Gasteiger partial charge >= 0.3 is 0 Å². The van der Waals surface area contributed by atoms with Gasteiger partial charge in [-0.05, 0) is 37.5 Å². The Bertz CT molecular complexity index is 871. The summed E-state index contributed by atoms with van der Waals surface area (Å²) in [6.45, 7) is 0.735. The quantitative estimate of drug-likeness (QED) is 0.810. The first-order valence-corrected chi connectivity index (χ1v) is 9.88. The highest BCUT2D eigenvalue weighted by Gasteiger charge is 2.37. The van der Waals surface area contributed by atoms with Crippen LogP contribution in [-0.2, 0) is 14.8 Å². The van der Waals surface area contributed by atoms with Crippen molar-refractivity contribution in [2.45, 2.75) is 30.2 Å². The smallest absolute Gasteiger partial charge is 0.254 e. The molecule has 0 radical (unpaired) electrons. The van der Waals surface area contributed by atoms with E-state index in [-0.39, 0.29) is 29.5 Å². The number of nitriles is 1. The summed E-state index contributed by atoms with van der Waals surface area (Å²) >= 11 is 0. The maximum absolute atomic E-state index is 12.8. The summed E-state index contributed by atoms with van der Waals surface area (Å²) in [5, 5.41) is 8.81. The molecule has 3 rings (SSSR count). The van der Waals surface area contributed by atoms with Gasteiger partial charge in [0.1, 0.15) is 6.04 Å². The number of sulfonamides is 1. The van der Waals surface area contributed by atoms with Crippen molar-refractivity contribution in [1.82, 2.24) is 9.21 Å². The van der Waals surface area contributed by atoms with Gasteiger partial charge in [-0.1, -0.05) is 6.07 Å². The minimum absolute atomic E-state index is 0.00683. The highest BCUT2D eigenvalue weighted by atomic mass is 32.2. The number of nitrogens with two attached hydrogens (primary N) is 1.